The van der Waals surface area contributed by atoms with Gasteiger partial charge in [-0.2, -0.15) is 0 Å². The van der Waals surface area contributed by atoms with E-state index in [-0.39, 0.29) is 5.91 Å². The molecular weight excluding hydrogens is 302 g/mol. The van der Waals surface area contributed by atoms with E-state index in [1.54, 1.807) is 0 Å². The van der Waals surface area contributed by atoms with Gasteiger partial charge in [0, 0.05) is 45.0 Å². The molecule has 1 amide bonds. The Bertz CT molecular complexity index is 561. The van der Waals surface area contributed by atoms with E-state index in [0.717, 1.165) is 25.8 Å². The number of piperidine rings is 1. The van der Waals surface area contributed by atoms with Crippen molar-refractivity contribution in [2.45, 2.75) is 32.2 Å². The lowest BCUT2D eigenvalue weighted by molar-refractivity contribution is -0.121. The fourth-order valence-electron chi connectivity index (χ4n) is 2.73. The van der Waals surface area contributed by atoms with Crippen molar-refractivity contribution in [2.24, 2.45) is 5.92 Å². The van der Waals surface area contributed by atoms with Gasteiger partial charge in [0.1, 0.15) is 0 Å². The van der Waals surface area contributed by atoms with E-state index in [1.165, 1.54) is 10.6 Å². The van der Waals surface area contributed by atoms with Crippen LogP contribution in [0.25, 0.3) is 0 Å². The topological polar surface area (TPSA) is 71.4 Å². The molecule has 1 aliphatic rings. The van der Waals surface area contributed by atoms with E-state index in [0.29, 0.717) is 32.0 Å². The molecule has 2 heterocycles. The Hall–Kier alpha value is -1.34. The first-order chi connectivity index (χ1) is 10.4. The van der Waals surface area contributed by atoms with Gasteiger partial charge >= 0.3 is 0 Å². The molecule has 6 nitrogen and oxygen atoms in total. The Balaban J connectivity index is 1.59. The Labute approximate surface area is 132 Å². The molecule has 1 aliphatic heterocycles. The normalized spacial score (nSPS) is 17.5. The largest absolute Gasteiger partial charge is 0.356 e. The Morgan fingerprint density at radius 3 is 2.45 bits per heavy atom. The van der Waals surface area contributed by atoms with Gasteiger partial charge in [-0.3, -0.25) is 4.79 Å². The van der Waals surface area contributed by atoms with Crippen LogP contribution in [0.1, 0.15) is 25.7 Å². The number of aromatic nitrogens is 1. The van der Waals surface area contributed by atoms with Gasteiger partial charge in [-0.1, -0.05) is 0 Å². The first-order valence-electron chi connectivity index (χ1n) is 7.78. The van der Waals surface area contributed by atoms with E-state index in [4.69, 9.17) is 0 Å². The number of hydrogen-bond donors (Lipinski definition) is 1. The molecule has 2 rings (SSSR count). The quantitative estimate of drug-likeness (QED) is 0.814. The minimum absolute atomic E-state index is 0.0812. The molecule has 22 heavy (non-hydrogen) atoms. The van der Waals surface area contributed by atoms with Crippen LogP contribution >= 0.6 is 0 Å². The molecule has 0 bridgehead atoms. The van der Waals surface area contributed by atoms with Crippen molar-refractivity contribution in [1.82, 2.24) is 14.2 Å². The summed E-state index contributed by atoms with van der Waals surface area (Å²) in [4.78, 5) is 11.8. The minimum atomic E-state index is -3.07. The Morgan fingerprint density at radius 1 is 1.23 bits per heavy atom. The maximum atomic E-state index is 11.8. The minimum Gasteiger partial charge on any atom is -0.356 e. The van der Waals surface area contributed by atoms with E-state index >= 15 is 0 Å². The van der Waals surface area contributed by atoms with Crippen molar-refractivity contribution in [2.75, 3.05) is 25.9 Å². The van der Waals surface area contributed by atoms with Crippen molar-refractivity contribution >= 4 is 15.9 Å². The van der Waals surface area contributed by atoms with Crippen LogP contribution in [-0.4, -0.2) is 49.1 Å². The molecule has 0 radical (unpaired) electrons. The number of nitrogens with one attached hydrogen (secondary N) is 1. The summed E-state index contributed by atoms with van der Waals surface area (Å²) in [6.07, 6.45) is 8.22. The molecule has 0 aliphatic carbocycles. The molecule has 124 valence electrons. The molecule has 1 saturated heterocycles. The van der Waals surface area contributed by atoms with Crippen LogP contribution in [0.3, 0.4) is 0 Å². The number of hydrogen-bond acceptors (Lipinski definition) is 3. The third-order valence-electron chi connectivity index (χ3n) is 4.12. The average molecular weight is 327 g/mol. The highest BCUT2D eigenvalue weighted by Gasteiger charge is 2.24. The summed E-state index contributed by atoms with van der Waals surface area (Å²) in [5, 5.41) is 2.97. The maximum absolute atomic E-state index is 11.8. The molecule has 0 aromatic carbocycles. The van der Waals surface area contributed by atoms with Gasteiger partial charge in [0.05, 0.1) is 6.26 Å². The molecule has 7 heteroatoms. The molecule has 0 unspecified atom stereocenters. The third-order valence-corrected chi connectivity index (χ3v) is 5.42. The lowest BCUT2D eigenvalue weighted by Crippen LogP contribution is -2.41. The van der Waals surface area contributed by atoms with Gasteiger partial charge in [0.2, 0.25) is 15.9 Å². The zero-order chi connectivity index (χ0) is 16.0. The first-order valence-corrected chi connectivity index (χ1v) is 9.62. The molecule has 1 aromatic rings. The Morgan fingerprint density at radius 2 is 1.86 bits per heavy atom. The highest BCUT2D eigenvalue weighted by atomic mass is 32.2. The SMILES string of the molecule is CS(=O)(=O)N1CCC(CNC(=O)CCCn2cccc2)CC1. The van der Waals surface area contributed by atoms with Crippen LogP contribution in [-0.2, 0) is 21.4 Å². The zero-order valence-electron chi connectivity index (χ0n) is 13.1. The van der Waals surface area contributed by atoms with E-state index in [9.17, 15) is 13.2 Å². The molecule has 1 aromatic heterocycles. The van der Waals surface area contributed by atoms with E-state index < -0.39 is 10.0 Å². The van der Waals surface area contributed by atoms with Crippen molar-refractivity contribution < 1.29 is 13.2 Å². The Kier molecular flexibility index (Phi) is 6.02. The monoisotopic (exact) mass is 327 g/mol. The smallest absolute Gasteiger partial charge is 0.220 e. The summed E-state index contributed by atoms with van der Waals surface area (Å²) >= 11 is 0. The van der Waals surface area contributed by atoms with Crippen molar-refractivity contribution in [3.63, 3.8) is 0 Å². The number of rotatable bonds is 7. The van der Waals surface area contributed by atoms with Crippen LogP contribution in [0.15, 0.2) is 24.5 Å². The van der Waals surface area contributed by atoms with Gasteiger partial charge in [0.15, 0.2) is 0 Å². The second-order valence-electron chi connectivity index (χ2n) is 5.93. The molecule has 0 spiro atoms. The van der Waals surface area contributed by atoms with Crippen LogP contribution in [0, 0.1) is 5.92 Å². The van der Waals surface area contributed by atoms with Gasteiger partial charge in [-0.15, -0.1) is 0 Å². The van der Waals surface area contributed by atoms with Crippen LogP contribution in [0.5, 0.6) is 0 Å². The summed E-state index contributed by atoms with van der Waals surface area (Å²) in [5.41, 5.74) is 0. The molecule has 0 atom stereocenters. The number of carbonyl (C=O) groups is 1. The number of sulfonamides is 1. The van der Waals surface area contributed by atoms with Crippen molar-refractivity contribution in [3.05, 3.63) is 24.5 Å². The summed E-state index contributed by atoms with van der Waals surface area (Å²) in [7, 11) is -3.07. The maximum Gasteiger partial charge on any atom is 0.220 e. The predicted molar refractivity (Wildman–Crippen MR) is 85.8 cm³/mol. The summed E-state index contributed by atoms with van der Waals surface area (Å²) < 4.78 is 26.4. The van der Waals surface area contributed by atoms with Crippen LogP contribution < -0.4 is 5.32 Å². The number of carbonyl (C=O) groups excluding carboxylic acids is 1. The fourth-order valence-corrected chi connectivity index (χ4v) is 3.61. The van der Waals surface area contributed by atoms with Gasteiger partial charge < -0.3 is 9.88 Å². The highest BCUT2D eigenvalue weighted by molar-refractivity contribution is 7.88. The molecule has 1 N–H and O–H groups in total. The van der Waals surface area contributed by atoms with Gasteiger partial charge in [-0.25, -0.2) is 12.7 Å². The second-order valence-corrected chi connectivity index (χ2v) is 7.92. The van der Waals surface area contributed by atoms with E-state index in [2.05, 4.69) is 9.88 Å². The van der Waals surface area contributed by atoms with Gasteiger partial charge in [-0.05, 0) is 37.3 Å². The van der Waals surface area contributed by atoms with Gasteiger partial charge in [0.25, 0.3) is 0 Å². The fraction of sp³-hybridized carbons (Fsp3) is 0.667. The molecular formula is C15H25N3O3S. The lowest BCUT2D eigenvalue weighted by atomic mass is 9.98. The molecule has 1 fully saturated rings. The lowest BCUT2D eigenvalue weighted by Gasteiger charge is -2.30. The number of aryl methyl sites for hydroxylation is 1. The predicted octanol–water partition coefficient (Wildman–Crippen LogP) is 1.06. The third kappa shape index (κ3) is 5.46. The van der Waals surface area contributed by atoms with E-state index in [1.807, 2.05) is 24.5 Å². The average Bonchev–Trinajstić information content (AvgIpc) is 2.98. The summed E-state index contributed by atoms with van der Waals surface area (Å²) in [6.45, 7) is 2.63. The highest BCUT2D eigenvalue weighted by Crippen LogP contribution is 2.18. The second kappa shape index (κ2) is 7.78. The van der Waals surface area contributed by atoms with Crippen LogP contribution in [0.4, 0.5) is 0 Å². The first kappa shape index (κ1) is 17.0. The van der Waals surface area contributed by atoms with Crippen molar-refractivity contribution in [3.8, 4) is 0 Å². The van der Waals surface area contributed by atoms with Crippen molar-refractivity contribution in [1.29, 1.82) is 0 Å². The standard InChI is InChI=1S/C15H25N3O3S/c1-22(20,21)18-11-6-14(7-12-18)13-16-15(19)5-4-10-17-8-2-3-9-17/h2-3,8-9,14H,4-7,10-13H2,1H3,(H,16,19). The number of amides is 1. The summed E-state index contributed by atoms with van der Waals surface area (Å²) in [6, 6.07) is 3.95. The molecule has 0 saturated carbocycles. The number of nitrogens with zero attached hydrogens (tertiary/aromatic N) is 2. The summed E-state index contributed by atoms with van der Waals surface area (Å²) in [5.74, 6) is 0.462. The zero-order valence-corrected chi connectivity index (χ0v) is 13.9. The van der Waals surface area contributed by atoms with Crippen LogP contribution in [0.2, 0.25) is 0 Å².